The summed E-state index contributed by atoms with van der Waals surface area (Å²) in [4.78, 5) is 19.2. The molecule has 0 aromatic heterocycles. The molecule has 0 amide bonds. The molecule has 5 aliphatic rings. The number of carbonyl (C=O) groups is 1. The van der Waals surface area contributed by atoms with Crippen LogP contribution in [0, 0.1) is 11.3 Å². The third kappa shape index (κ3) is 3.29. The smallest absolute Gasteiger partial charge is 0.193 e. The average Bonchev–Trinajstić information content (AvgIpc) is 3.27. The zero-order chi connectivity index (χ0) is 24.4. The number of ether oxygens (including phenoxy) is 1. The number of rotatable bonds is 2. The van der Waals surface area contributed by atoms with Crippen LogP contribution in [0.3, 0.4) is 0 Å². The van der Waals surface area contributed by atoms with Crippen LogP contribution in [-0.2, 0) is 16.6 Å². The lowest BCUT2D eigenvalue weighted by atomic mass is 9.62. The van der Waals surface area contributed by atoms with Gasteiger partial charge in [0.15, 0.2) is 5.78 Å². The molecule has 0 unspecified atom stereocenters. The van der Waals surface area contributed by atoms with Gasteiger partial charge < -0.3 is 9.64 Å². The summed E-state index contributed by atoms with van der Waals surface area (Å²) < 4.78 is 6.86. The molecule has 2 aromatic carbocycles. The largest absolute Gasteiger partial charge is 0.381 e. The van der Waals surface area contributed by atoms with Crippen LogP contribution in [0.2, 0.25) is 0 Å². The number of hydrogen-bond donors (Lipinski definition) is 0. The number of nitrogens with zero attached hydrogens (tertiary/aromatic N) is 3. The Labute approximate surface area is 220 Å². The molecule has 7 rings (SSSR count). The quantitative estimate of drug-likeness (QED) is 0.517. The molecule has 2 aliphatic heterocycles. The maximum atomic E-state index is 14.0. The van der Waals surface area contributed by atoms with Crippen molar-refractivity contribution in [3.63, 3.8) is 0 Å². The van der Waals surface area contributed by atoms with E-state index in [-0.39, 0.29) is 11.2 Å². The first-order valence-corrected chi connectivity index (χ1v) is 14.1. The Morgan fingerprint density at radius 2 is 1.81 bits per heavy atom. The molecule has 0 N–H and O–H groups in total. The Kier molecular flexibility index (Phi) is 5.39. The molecule has 2 aromatic rings. The van der Waals surface area contributed by atoms with Crippen LogP contribution in [0.1, 0.15) is 64.7 Å². The van der Waals surface area contributed by atoms with Gasteiger partial charge in [-0.2, -0.15) is 5.26 Å². The highest BCUT2D eigenvalue weighted by Gasteiger charge is 2.49. The summed E-state index contributed by atoms with van der Waals surface area (Å²) >= 11 is 3.86. The van der Waals surface area contributed by atoms with Crippen molar-refractivity contribution in [2.45, 2.75) is 50.0 Å². The maximum absolute atomic E-state index is 14.0. The number of piperazine rings is 1. The van der Waals surface area contributed by atoms with Crippen molar-refractivity contribution in [1.29, 1.82) is 5.26 Å². The van der Waals surface area contributed by atoms with E-state index < -0.39 is 0 Å². The molecule has 184 valence electrons. The van der Waals surface area contributed by atoms with E-state index in [4.69, 9.17) is 4.74 Å². The van der Waals surface area contributed by atoms with Crippen LogP contribution in [0.15, 0.2) is 40.4 Å². The Morgan fingerprint density at radius 3 is 2.50 bits per heavy atom. The van der Waals surface area contributed by atoms with Gasteiger partial charge >= 0.3 is 0 Å². The molecular formula is C30H30BrN3O2. The summed E-state index contributed by atoms with van der Waals surface area (Å²) in [5.41, 5.74) is 7.94. The Hall–Kier alpha value is -2.46. The predicted molar refractivity (Wildman–Crippen MR) is 143 cm³/mol. The molecule has 3 fully saturated rings. The number of hydrogen-bond acceptors (Lipinski definition) is 5. The van der Waals surface area contributed by atoms with E-state index in [0.717, 1.165) is 78.2 Å². The number of nitriles is 1. The van der Waals surface area contributed by atoms with Gasteiger partial charge in [-0.05, 0) is 94.6 Å². The zero-order valence-electron chi connectivity index (χ0n) is 20.5. The van der Waals surface area contributed by atoms with Gasteiger partial charge in [-0.3, -0.25) is 9.69 Å². The van der Waals surface area contributed by atoms with Crippen molar-refractivity contribution in [2.75, 3.05) is 44.3 Å². The standard InChI is InChI=1S/C30H30BrN3O2/c31-26-16-23-24(17-27(26)34-10-8-33(9-11-34)21-2-1-3-21)30(6-12-36-13-7-30)25-15-20-14-19(18-32)4-5-22(20)28(25)29(23)35/h4-5,14,16-17,21H,1-3,6-13,15H2. The first-order chi connectivity index (χ1) is 17.6. The second-order valence-electron chi connectivity index (χ2n) is 11.0. The van der Waals surface area contributed by atoms with E-state index in [0.29, 0.717) is 18.8 Å². The van der Waals surface area contributed by atoms with Gasteiger partial charge in [-0.25, -0.2) is 0 Å². The van der Waals surface area contributed by atoms with Crippen molar-refractivity contribution in [1.82, 2.24) is 4.90 Å². The summed E-state index contributed by atoms with van der Waals surface area (Å²) in [5.74, 6) is 0.127. The minimum Gasteiger partial charge on any atom is -0.381 e. The van der Waals surface area contributed by atoms with Crippen LogP contribution < -0.4 is 4.90 Å². The third-order valence-corrected chi connectivity index (χ3v) is 10.1. The van der Waals surface area contributed by atoms with E-state index in [2.05, 4.69) is 43.9 Å². The van der Waals surface area contributed by atoms with E-state index in [9.17, 15) is 10.1 Å². The molecule has 0 bridgehead atoms. The summed E-state index contributed by atoms with van der Waals surface area (Å²) in [6.45, 7) is 5.67. The summed E-state index contributed by atoms with van der Waals surface area (Å²) in [5, 5.41) is 9.45. The second kappa shape index (κ2) is 8.55. The fourth-order valence-electron chi connectivity index (χ4n) is 7.22. The van der Waals surface area contributed by atoms with Gasteiger partial charge in [-0.1, -0.05) is 12.5 Å². The van der Waals surface area contributed by atoms with Crippen molar-refractivity contribution < 1.29 is 9.53 Å². The van der Waals surface area contributed by atoms with Crippen LogP contribution in [0.5, 0.6) is 0 Å². The van der Waals surface area contributed by atoms with Crippen LogP contribution in [-0.4, -0.2) is 56.1 Å². The molecule has 1 saturated carbocycles. The Balaban J connectivity index is 1.30. The molecule has 0 atom stereocenters. The Bertz CT molecular complexity index is 1340. The summed E-state index contributed by atoms with van der Waals surface area (Å²) in [6, 6.07) is 13.3. The highest BCUT2D eigenvalue weighted by Crippen LogP contribution is 2.55. The zero-order valence-corrected chi connectivity index (χ0v) is 22.1. The van der Waals surface area contributed by atoms with Crippen molar-refractivity contribution in [3.8, 4) is 6.07 Å². The molecule has 6 heteroatoms. The lowest BCUT2D eigenvalue weighted by molar-refractivity contribution is 0.0603. The maximum Gasteiger partial charge on any atom is 0.193 e. The molecule has 3 aliphatic carbocycles. The van der Waals surface area contributed by atoms with Gasteiger partial charge in [0.25, 0.3) is 0 Å². The molecule has 2 heterocycles. The molecule has 1 spiro atoms. The van der Waals surface area contributed by atoms with E-state index in [1.165, 1.54) is 36.1 Å². The van der Waals surface area contributed by atoms with Gasteiger partial charge in [-0.15, -0.1) is 0 Å². The second-order valence-corrected chi connectivity index (χ2v) is 11.8. The van der Waals surface area contributed by atoms with Gasteiger partial charge in [0.1, 0.15) is 0 Å². The van der Waals surface area contributed by atoms with E-state index in [1.54, 1.807) is 0 Å². The average molecular weight is 544 g/mol. The SMILES string of the molecule is N#Cc1ccc2c(c1)CC1=C2C(=O)c2cc(Br)c(N3CCN(C4CCC4)CC3)cc2C12CCOCC2. The summed E-state index contributed by atoms with van der Waals surface area (Å²) in [7, 11) is 0. The van der Waals surface area contributed by atoms with Crippen molar-refractivity contribution in [2.24, 2.45) is 0 Å². The first-order valence-electron chi connectivity index (χ1n) is 13.3. The predicted octanol–water partition coefficient (Wildman–Crippen LogP) is 5.25. The van der Waals surface area contributed by atoms with E-state index in [1.807, 2.05) is 18.2 Å². The number of anilines is 1. The number of halogens is 1. The van der Waals surface area contributed by atoms with E-state index >= 15 is 0 Å². The minimum atomic E-state index is -0.189. The molecule has 0 radical (unpaired) electrons. The number of fused-ring (bicyclic) bond motifs is 5. The fourth-order valence-corrected chi connectivity index (χ4v) is 7.81. The summed E-state index contributed by atoms with van der Waals surface area (Å²) in [6.07, 6.45) is 6.61. The number of ketones is 1. The van der Waals surface area contributed by atoms with Gasteiger partial charge in [0.2, 0.25) is 0 Å². The highest BCUT2D eigenvalue weighted by atomic mass is 79.9. The Morgan fingerprint density at radius 1 is 1.03 bits per heavy atom. The third-order valence-electron chi connectivity index (χ3n) is 9.42. The topological polar surface area (TPSA) is 56.6 Å². The van der Waals surface area contributed by atoms with Crippen molar-refractivity contribution in [3.05, 3.63) is 68.2 Å². The monoisotopic (exact) mass is 543 g/mol. The number of allylic oxidation sites excluding steroid dienone is 2. The minimum absolute atomic E-state index is 0.127. The van der Waals surface area contributed by atoms with Gasteiger partial charge in [0, 0.05) is 66.5 Å². The number of carbonyl (C=O) groups excluding carboxylic acids is 1. The number of benzene rings is 2. The van der Waals surface area contributed by atoms with Crippen LogP contribution in [0.4, 0.5) is 5.69 Å². The molecule has 36 heavy (non-hydrogen) atoms. The lowest BCUT2D eigenvalue weighted by Gasteiger charge is -2.45. The first kappa shape index (κ1) is 22.7. The highest BCUT2D eigenvalue weighted by molar-refractivity contribution is 9.10. The normalized spacial score (nSPS) is 23.2. The van der Waals surface area contributed by atoms with Crippen LogP contribution >= 0.6 is 15.9 Å². The van der Waals surface area contributed by atoms with Gasteiger partial charge in [0.05, 0.1) is 17.3 Å². The lowest BCUT2D eigenvalue weighted by Crippen LogP contribution is -2.52. The molecular weight excluding hydrogens is 514 g/mol. The number of Topliss-reactive ketones (excluding diaryl/α,β-unsaturated/α-hetero) is 1. The molecule has 2 saturated heterocycles. The molecule has 5 nitrogen and oxygen atoms in total. The van der Waals surface area contributed by atoms with Crippen LogP contribution in [0.25, 0.3) is 5.57 Å². The van der Waals surface area contributed by atoms with Crippen molar-refractivity contribution >= 4 is 33.0 Å². The fraction of sp³-hybridized carbons (Fsp3) is 0.467.